The molecule has 2 N–H and O–H groups in total. The zero-order valence-corrected chi connectivity index (χ0v) is 10.9. The van der Waals surface area contributed by atoms with E-state index in [1.807, 2.05) is 6.07 Å². The molecule has 1 aliphatic rings. The van der Waals surface area contributed by atoms with Crippen molar-refractivity contribution in [3.05, 3.63) is 36.5 Å². The Morgan fingerprint density at radius 2 is 1.68 bits per heavy atom. The molecule has 0 radical (unpaired) electrons. The fraction of sp³-hybridized carbons (Fsp3) is 0.333. The van der Waals surface area contributed by atoms with Crippen molar-refractivity contribution >= 4 is 11.6 Å². The van der Waals surface area contributed by atoms with E-state index in [0.717, 1.165) is 11.3 Å². The zero-order valence-electron chi connectivity index (χ0n) is 10.9. The van der Waals surface area contributed by atoms with Crippen molar-refractivity contribution < 1.29 is 0 Å². The van der Waals surface area contributed by atoms with E-state index in [0.29, 0.717) is 5.95 Å². The lowest BCUT2D eigenvalue weighted by Gasteiger charge is -2.28. The van der Waals surface area contributed by atoms with Crippen LogP contribution in [0.2, 0.25) is 0 Å². The third-order valence-corrected chi connectivity index (χ3v) is 3.56. The lowest BCUT2D eigenvalue weighted by molar-refractivity contribution is 0.578. The molecule has 0 spiro atoms. The summed E-state index contributed by atoms with van der Waals surface area (Å²) in [7, 11) is 0. The third kappa shape index (κ3) is 2.67. The van der Waals surface area contributed by atoms with Gasteiger partial charge in [-0.1, -0.05) is 12.1 Å². The number of hydrogen-bond acceptors (Lipinski definition) is 4. The van der Waals surface area contributed by atoms with Gasteiger partial charge in [0.1, 0.15) is 0 Å². The van der Waals surface area contributed by atoms with Crippen LogP contribution in [0, 0.1) is 0 Å². The smallest absolute Gasteiger partial charge is 0.220 e. The molecule has 2 heterocycles. The van der Waals surface area contributed by atoms with Crippen LogP contribution in [-0.2, 0) is 0 Å². The molecule has 1 aromatic carbocycles. The Morgan fingerprint density at radius 1 is 0.947 bits per heavy atom. The highest BCUT2D eigenvalue weighted by molar-refractivity contribution is 5.63. The Kier molecular flexibility index (Phi) is 3.31. The summed E-state index contributed by atoms with van der Waals surface area (Å²) >= 11 is 0. The van der Waals surface area contributed by atoms with E-state index in [1.165, 1.54) is 38.0 Å². The summed E-state index contributed by atoms with van der Waals surface area (Å²) in [4.78, 5) is 10.6. The van der Waals surface area contributed by atoms with Crippen LogP contribution >= 0.6 is 0 Å². The second-order valence-corrected chi connectivity index (χ2v) is 4.89. The second-order valence-electron chi connectivity index (χ2n) is 4.89. The molecule has 0 unspecified atom stereocenters. The first-order valence-corrected chi connectivity index (χ1v) is 6.77. The Morgan fingerprint density at radius 3 is 2.37 bits per heavy atom. The van der Waals surface area contributed by atoms with Gasteiger partial charge in [-0.05, 0) is 37.5 Å². The first-order valence-electron chi connectivity index (χ1n) is 6.77. The van der Waals surface area contributed by atoms with Crippen molar-refractivity contribution in [2.45, 2.75) is 19.3 Å². The summed E-state index contributed by atoms with van der Waals surface area (Å²) in [5.74, 6) is 0.317. The molecule has 19 heavy (non-hydrogen) atoms. The van der Waals surface area contributed by atoms with E-state index >= 15 is 0 Å². The fourth-order valence-electron chi connectivity index (χ4n) is 2.53. The molecule has 1 fully saturated rings. The van der Waals surface area contributed by atoms with E-state index < -0.39 is 0 Å². The minimum absolute atomic E-state index is 0.317. The van der Waals surface area contributed by atoms with Crippen LogP contribution < -0.4 is 10.6 Å². The molecule has 98 valence electrons. The Hall–Kier alpha value is -2.10. The molecular weight excluding hydrogens is 236 g/mol. The van der Waals surface area contributed by atoms with E-state index in [1.54, 1.807) is 6.20 Å². The van der Waals surface area contributed by atoms with Gasteiger partial charge in [0, 0.05) is 30.5 Å². The van der Waals surface area contributed by atoms with Crippen LogP contribution in [-0.4, -0.2) is 23.1 Å². The van der Waals surface area contributed by atoms with Gasteiger partial charge in [-0.2, -0.15) is 0 Å². The maximum Gasteiger partial charge on any atom is 0.220 e. The lowest BCUT2D eigenvalue weighted by Crippen LogP contribution is -2.29. The monoisotopic (exact) mass is 254 g/mol. The topological polar surface area (TPSA) is 55.0 Å². The van der Waals surface area contributed by atoms with Crippen molar-refractivity contribution in [3.8, 4) is 11.3 Å². The molecule has 0 aliphatic carbocycles. The quantitative estimate of drug-likeness (QED) is 0.895. The van der Waals surface area contributed by atoms with Gasteiger partial charge in [-0.25, -0.2) is 9.97 Å². The predicted octanol–water partition coefficient (Wildman–Crippen LogP) is 2.72. The number of nitrogens with zero attached hydrogens (tertiary/aromatic N) is 3. The average molecular weight is 254 g/mol. The van der Waals surface area contributed by atoms with Crippen LogP contribution in [0.15, 0.2) is 36.5 Å². The highest BCUT2D eigenvalue weighted by Crippen LogP contribution is 2.24. The fourth-order valence-corrected chi connectivity index (χ4v) is 2.53. The van der Waals surface area contributed by atoms with Crippen LogP contribution in [0.25, 0.3) is 11.3 Å². The van der Waals surface area contributed by atoms with Gasteiger partial charge in [0.25, 0.3) is 0 Å². The summed E-state index contributed by atoms with van der Waals surface area (Å²) in [6.07, 6.45) is 5.64. The first-order chi connectivity index (χ1) is 9.33. The number of nitrogen functional groups attached to an aromatic ring is 1. The highest BCUT2D eigenvalue weighted by Gasteiger charge is 2.10. The number of nitrogens with two attached hydrogens (primary N) is 1. The van der Waals surface area contributed by atoms with Gasteiger partial charge in [0.15, 0.2) is 0 Å². The highest BCUT2D eigenvalue weighted by atomic mass is 15.1. The normalized spacial score (nSPS) is 15.5. The maximum atomic E-state index is 5.61. The number of aromatic nitrogens is 2. The van der Waals surface area contributed by atoms with Crippen molar-refractivity contribution in [1.29, 1.82) is 0 Å². The Balaban J connectivity index is 1.82. The largest absolute Gasteiger partial charge is 0.372 e. The Labute approximate surface area is 113 Å². The maximum absolute atomic E-state index is 5.61. The lowest BCUT2D eigenvalue weighted by atomic mass is 10.1. The Bertz CT molecular complexity index is 544. The van der Waals surface area contributed by atoms with Crippen LogP contribution in [0.1, 0.15) is 19.3 Å². The summed E-state index contributed by atoms with van der Waals surface area (Å²) in [5, 5.41) is 0. The van der Waals surface area contributed by atoms with Gasteiger partial charge in [-0.3, -0.25) is 0 Å². The van der Waals surface area contributed by atoms with E-state index in [2.05, 4.69) is 39.1 Å². The molecule has 2 aromatic rings. The predicted molar refractivity (Wildman–Crippen MR) is 77.9 cm³/mol. The standard InChI is InChI=1S/C15H18N4/c16-15-17-9-8-14(18-15)12-4-6-13(7-5-12)19-10-2-1-3-11-19/h4-9H,1-3,10-11H2,(H2,16,17,18). The summed E-state index contributed by atoms with van der Waals surface area (Å²) in [6.45, 7) is 2.33. The van der Waals surface area contributed by atoms with E-state index in [-0.39, 0.29) is 0 Å². The SMILES string of the molecule is Nc1nccc(-c2ccc(N3CCCCC3)cc2)n1. The summed E-state index contributed by atoms with van der Waals surface area (Å²) in [6, 6.07) is 10.4. The number of piperidine rings is 1. The molecule has 3 rings (SSSR count). The van der Waals surface area contributed by atoms with Crippen molar-refractivity contribution in [2.75, 3.05) is 23.7 Å². The minimum Gasteiger partial charge on any atom is -0.372 e. The van der Waals surface area contributed by atoms with Crippen LogP contribution in [0.5, 0.6) is 0 Å². The zero-order chi connectivity index (χ0) is 13.1. The number of rotatable bonds is 2. The van der Waals surface area contributed by atoms with Crippen LogP contribution in [0.3, 0.4) is 0 Å². The molecule has 0 bridgehead atoms. The molecule has 0 saturated carbocycles. The number of hydrogen-bond donors (Lipinski definition) is 1. The van der Waals surface area contributed by atoms with Gasteiger partial charge < -0.3 is 10.6 Å². The van der Waals surface area contributed by atoms with Crippen molar-refractivity contribution in [1.82, 2.24) is 9.97 Å². The molecular formula is C15H18N4. The van der Waals surface area contributed by atoms with Crippen molar-refractivity contribution in [3.63, 3.8) is 0 Å². The summed E-state index contributed by atoms with van der Waals surface area (Å²) in [5.41, 5.74) is 8.86. The third-order valence-electron chi connectivity index (χ3n) is 3.56. The van der Waals surface area contributed by atoms with Gasteiger partial charge in [0.2, 0.25) is 5.95 Å². The average Bonchev–Trinajstić information content (AvgIpc) is 2.48. The van der Waals surface area contributed by atoms with Gasteiger partial charge in [0.05, 0.1) is 5.69 Å². The van der Waals surface area contributed by atoms with E-state index in [4.69, 9.17) is 5.73 Å². The second kappa shape index (κ2) is 5.26. The molecule has 1 aliphatic heterocycles. The molecule has 4 heteroatoms. The minimum atomic E-state index is 0.317. The van der Waals surface area contributed by atoms with E-state index in [9.17, 15) is 0 Å². The van der Waals surface area contributed by atoms with Crippen LogP contribution in [0.4, 0.5) is 11.6 Å². The molecule has 4 nitrogen and oxygen atoms in total. The van der Waals surface area contributed by atoms with Gasteiger partial charge >= 0.3 is 0 Å². The number of anilines is 2. The van der Waals surface area contributed by atoms with Gasteiger partial charge in [-0.15, -0.1) is 0 Å². The number of benzene rings is 1. The first kappa shape index (κ1) is 12.0. The molecule has 0 atom stereocenters. The van der Waals surface area contributed by atoms with Crippen molar-refractivity contribution in [2.24, 2.45) is 0 Å². The molecule has 0 amide bonds. The summed E-state index contributed by atoms with van der Waals surface area (Å²) < 4.78 is 0. The molecule has 1 saturated heterocycles. The molecule has 1 aromatic heterocycles.